The van der Waals surface area contributed by atoms with Gasteiger partial charge in [0.15, 0.2) is 6.10 Å². The minimum absolute atomic E-state index is 0.0168. The van der Waals surface area contributed by atoms with Gasteiger partial charge in [-0.05, 0) is 0 Å². The van der Waals surface area contributed by atoms with E-state index in [1.54, 1.807) is 0 Å². The van der Waals surface area contributed by atoms with Crippen molar-refractivity contribution in [2.24, 2.45) is 0 Å². The maximum Gasteiger partial charge on any atom is 0.247 e. The Morgan fingerprint density at radius 1 is 1.19 bits per heavy atom. The second-order valence-corrected chi connectivity index (χ2v) is 3.53. The molecule has 1 aliphatic rings. The van der Waals surface area contributed by atoms with E-state index in [0.29, 0.717) is 0 Å². The standard InChI is InChI=1S/C8H12N2O6/c11-1-3-4(12)5(13)6(14)7(16-3)8-10-9-2-15-8/h2-7,11-14H,1H2/t3-,4-,5+,6-,7?/m1/s1. The van der Waals surface area contributed by atoms with E-state index < -0.39 is 37.1 Å². The van der Waals surface area contributed by atoms with Crippen LogP contribution in [0.4, 0.5) is 0 Å². The third kappa shape index (κ3) is 1.81. The summed E-state index contributed by atoms with van der Waals surface area (Å²) in [6.07, 6.45) is -5.20. The molecule has 1 aromatic rings. The van der Waals surface area contributed by atoms with Gasteiger partial charge in [-0.3, -0.25) is 0 Å². The number of aliphatic hydroxyl groups excluding tert-OH is 4. The minimum Gasteiger partial charge on any atom is -0.425 e. The molecule has 5 atom stereocenters. The van der Waals surface area contributed by atoms with E-state index in [0.717, 1.165) is 6.39 Å². The number of aliphatic hydroxyl groups is 4. The van der Waals surface area contributed by atoms with E-state index in [9.17, 15) is 15.3 Å². The molecule has 16 heavy (non-hydrogen) atoms. The van der Waals surface area contributed by atoms with Crippen LogP contribution in [0.5, 0.6) is 0 Å². The Morgan fingerprint density at radius 2 is 1.94 bits per heavy atom. The van der Waals surface area contributed by atoms with Crippen molar-refractivity contribution in [2.75, 3.05) is 6.61 Å². The Hall–Kier alpha value is -1.06. The summed E-state index contributed by atoms with van der Waals surface area (Å²) in [7, 11) is 0. The monoisotopic (exact) mass is 232 g/mol. The van der Waals surface area contributed by atoms with Crippen molar-refractivity contribution >= 4 is 0 Å². The summed E-state index contributed by atoms with van der Waals surface area (Å²) in [6, 6.07) is 0. The summed E-state index contributed by atoms with van der Waals surface area (Å²) in [4.78, 5) is 0. The average molecular weight is 232 g/mol. The summed E-state index contributed by atoms with van der Waals surface area (Å²) in [6.45, 7) is -0.490. The van der Waals surface area contributed by atoms with Gasteiger partial charge in [-0.2, -0.15) is 0 Å². The maximum atomic E-state index is 9.65. The fourth-order valence-corrected chi connectivity index (χ4v) is 1.61. The molecular weight excluding hydrogens is 220 g/mol. The molecule has 1 aliphatic heterocycles. The van der Waals surface area contributed by atoms with Gasteiger partial charge >= 0.3 is 0 Å². The van der Waals surface area contributed by atoms with E-state index in [1.807, 2.05) is 0 Å². The zero-order valence-corrected chi connectivity index (χ0v) is 8.17. The van der Waals surface area contributed by atoms with Gasteiger partial charge in [-0.15, -0.1) is 10.2 Å². The molecule has 4 N–H and O–H groups in total. The van der Waals surface area contributed by atoms with Crippen LogP contribution in [0.15, 0.2) is 10.8 Å². The number of ether oxygens (including phenoxy) is 1. The zero-order chi connectivity index (χ0) is 11.7. The Morgan fingerprint density at radius 3 is 2.50 bits per heavy atom. The largest absolute Gasteiger partial charge is 0.425 e. The molecule has 8 heteroatoms. The highest BCUT2D eigenvalue weighted by Crippen LogP contribution is 2.30. The molecular formula is C8H12N2O6. The van der Waals surface area contributed by atoms with Crippen molar-refractivity contribution in [3.63, 3.8) is 0 Å². The first-order chi connectivity index (χ1) is 7.65. The molecule has 0 amide bonds. The Kier molecular flexibility index (Phi) is 3.17. The fourth-order valence-electron chi connectivity index (χ4n) is 1.61. The van der Waals surface area contributed by atoms with Gasteiger partial charge in [-0.1, -0.05) is 0 Å². The van der Waals surface area contributed by atoms with E-state index >= 15 is 0 Å². The topological polar surface area (TPSA) is 129 Å². The van der Waals surface area contributed by atoms with Crippen LogP contribution in [0.25, 0.3) is 0 Å². The van der Waals surface area contributed by atoms with Crippen LogP contribution in [-0.2, 0) is 4.74 Å². The summed E-state index contributed by atoms with van der Waals surface area (Å²) >= 11 is 0. The smallest absolute Gasteiger partial charge is 0.247 e. The SMILES string of the molecule is OC[C@H]1OC(c2nnco2)[C@H](O)[C@@H](O)[C@@H]1O. The molecule has 1 unspecified atom stereocenters. The fraction of sp³-hybridized carbons (Fsp3) is 0.750. The highest BCUT2D eigenvalue weighted by molar-refractivity contribution is 4.98. The van der Waals surface area contributed by atoms with Crippen LogP contribution in [0, 0.1) is 0 Å². The lowest BCUT2D eigenvalue weighted by Gasteiger charge is -2.38. The lowest BCUT2D eigenvalue weighted by Crippen LogP contribution is -2.55. The van der Waals surface area contributed by atoms with Crippen molar-refractivity contribution in [3.8, 4) is 0 Å². The van der Waals surface area contributed by atoms with Gasteiger partial charge in [0.2, 0.25) is 12.3 Å². The molecule has 0 spiro atoms. The lowest BCUT2D eigenvalue weighted by atomic mass is 9.95. The summed E-state index contributed by atoms with van der Waals surface area (Å²) < 4.78 is 10.0. The second kappa shape index (κ2) is 4.44. The molecule has 0 aliphatic carbocycles. The van der Waals surface area contributed by atoms with Crippen molar-refractivity contribution in [2.45, 2.75) is 30.5 Å². The molecule has 2 heterocycles. The van der Waals surface area contributed by atoms with Crippen molar-refractivity contribution in [3.05, 3.63) is 12.3 Å². The Balaban J connectivity index is 2.20. The Labute approximate surface area is 90.1 Å². The third-order valence-electron chi connectivity index (χ3n) is 2.51. The number of aromatic nitrogens is 2. The molecule has 0 bridgehead atoms. The van der Waals surface area contributed by atoms with Crippen molar-refractivity contribution in [1.29, 1.82) is 0 Å². The van der Waals surface area contributed by atoms with Gasteiger partial charge in [0.1, 0.15) is 24.4 Å². The lowest BCUT2D eigenvalue weighted by molar-refractivity contribution is -0.236. The normalized spacial score (nSPS) is 39.9. The highest BCUT2D eigenvalue weighted by atomic mass is 16.6. The molecule has 0 aromatic carbocycles. The zero-order valence-electron chi connectivity index (χ0n) is 8.17. The number of rotatable bonds is 2. The molecule has 1 saturated heterocycles. The molecule has 90 valence electrons. The molecule has 1 aromatic heterocycles. The first-order valence-corrected chi connectivity index (χ1v) is 4.71. The van der Waals surface area contributed by atoms with Crippen LogP contribution < -0.4 is 0 Å². The first-order valence-electron chi connectivity index (χ1n) is 4.71. The van der Waals surface area contributed by atoms with Crippen LogP contribution in [0.2, 0.25) is 0 Å². The van der Waals surface area contributed by atoms with Gasteiger partial charge in [0.05, 0.1) is 6.61 Å². The predicted molar refractivity (Wildman–Crippen MR) is 47.0 cm³/mol. The molecule has 0 radical (unpaired) electrons. The van der Waals surface area contributed by atoms with E-state index in [2.05, 4.69) is 10.2 Å². The number of nitrogens with zero attached hydrogens (tertiary/aromatic N) is 2. The van der Waals surface area contributed by atoms with Gasteiger partial charge in [0, 0.05) is 0 Å². The average Bonchev–Trinajstić information content (AvgIpc) is 2.80. The molecule has 1 fully saturated rings. The molecule has 2 rings (SSSR count). The summed E-state index contributed by atoms with van der Waals surface area (Å²) in [5, 5.41) is 44.5. The van der Waals surface area contributed by atoms with Crippen LogP contribution in [0.3, 0.4) is 0 Å². The third-order valence-corrected chi connectivity index (χ3v) is 2.51. The van der Waals surface area contributed by atoms with Gasteiger partial charge < -0.3 is 29.6 Å². The van der Waals surface area contributed by atoms with Crippen LogP contribution in [0.1, 0.15) is 12.0 Å². The minimum atomic E-state index is -1.44. The summed E-state index contributed by atoms with van der Waals surface area (Å²) in [5.74, 6) is -0.0168. The van der Waals surface area contributed by atoms with E-state index in [1.165, 1.54) is 0 Å². The highest BCUT2D eigenvalue weighted by Gasteiger charge is 2.45. The number of hydrogen-bond acceptors (Lipinski definition) is 8. The van der Waals surface area contributed by atoms with Crippen molar-refractivity contribution < 1.29 is 29.6 Å². The van der Waals surface area contributed by atoms with Gasteiger partial charge in [0.25, 0.3) is 0 Å². The molecule has 0 saturated carbocycles. The first kappa shape index (κ1) is 11.4. The number of hydrogen-bond donors (Lipinski definition) is 4. The predicted octanol–water partition coefficient (Wildman–Crippen LogP) is -2.42. The second-order valence-electron chi connectivity index (χ2n) is 3.53. The quantitative estimate of drug-likeness (QED) is 0.443. The molecule has 8 nitrogen and oxygen atoms in total. The van der Waals surface area contributed by atoms with E-state index in [4.69, 9.17) is 14.3 Å². The van der Waals surface area contributed by atoms with Crippen molar-refractivity contribution in [1.82, 2.24) is 10.2 Å². The van der Waals surface area contributed by atoms with Gasteiger partial charge in [-0.25, -0.2) is 0 Å². The summed E-state index contributed by atoms with van der Waals surface area (Å²) in [5.41, 5.74) is 0. The van der Waals surface area contributed by atoms with E-state index in [-0.39, 0.29) is 5.89 Å². The maximum absolute atomic E-state index is 9.65. The van der Waals surface area contributed by atoms with Crippen LogP contribution in [-0.4, -0.2) is 61.6 Å². The Bertz CT molecular complexity index is 329. The van der Waals surface area contributed by atoms with Crippen LogP contribution >= 0.6 is 0 Å².